The lowest BCUT2D eigenvalue weighted by molar-refractivity contribution is -0.138. The largest absolute Gasteiger partial charge is 0.505 e. The first-order chi connectivity index (χ1) is 18.3. The van der Waals surface area contributed by atoms with Crippen LogP contribution in [0.25, 0.3) is 16.7 Å². The molecule has 0 saturated carbocycles. The maximum atomic E-state index is 14.9. The van der Waals surface area contributed by atoms with E-state index in [1.807, 2.05) is 35.2 Å². The normalized spacial score (nSPS) is 17.2. The number of alkyl halides is 3. The molecule has 0 spiro atoms. The first-order valence-electron chi connectivity index (χ1n) is 11.9. The molecule has 0 bridgehead atoms. The quantitative estimate of drug-likeness (QED) is 0.369. The minimum Gasteiger partial charge on any atom is -0.505 e. The summed E-state index contributed by atoms with van der Waals surface area (Å²) in [7, 11) is -3.43. The fourth-order valence-electron chi connectivity index (χ4n) is 4.76. The molecule has 0 unspecified atom stereocenters. The van der Waals surface area contributed by atoms with Crippen LogP contribution >= 0.6 is 0 Å². The number of aromatic hydroxyl groups is 1. The number of phenols is 1. The molecule has 1 aliphatic heterocycles. The lowest BCUT2D eigenvalue weighted by Crippen LogP contribution is -2.56. The minimum atomic E-state index is -4.82. The van der Waals surface area contributed by atoms with Crippen molar-refractivity contribution in [2.24, 2.45) is 0 Å². The van der Waals surface area contributed by atoms with E-state index >= 15 is 0 Å². The first-order valence-corrected chi connectivity index (χ1v) is 13.8. The van der Waals surface area contributed by atoms with Crippen LogP contribution in [0.3, 0.4) is 0 Å². The van der Waals surface area contributed by atoms with Gasteiger partial charge in [0.25, 0.3) is 0 Å². The Morgan fingerprint density at radius 1 is 1.13 bits per heavy atom. The van der Waals surface area contributed by atoms with Crippen molar-refractivity contribution in [3.63, 3.8) is 0 Å². The zero-order valence-corrected chi connectivity index (χ0v) is 21.7. The molecule has 206 valence electrons. The van der Waals surface area contributed by atoms with Crippen molar-refractivity contribution in [3.05, 3.63) is 71.3 Å². The molecule has 39 heavy (non-hydrogen) atoms. The summed E-state index contributed by atoms with van der Waals surface area (Å²) >= 11 is 0. The van der Waals surface area contributed by atoms with Crippen LogP contribution in [0, 0.1) is 12.7 Å². The zero-order valence-electron chi connectivity index (χ0n) is 20.9. The average molecular weight is 565 g/mol. The van der Waals surface area contributed by atoms with Gasteiger partial charge in [-0.1, -0.05) is 30.3 Å². The Balaban J connectivity index is 1.53. The molecule has 0 radical (unpaired) electrons. The average Bonchev–Trinajstić information content (AvgIpc) is 3.30. The van der Waals surface area contributed by atoms with E-state index in [1.54, 1.807) is 0 Å². The Morgan fingerprint density at radius 3 is 2.51 bits per heavy atom. The van der Waals surface area contributed by atoms with E-state index in [0.717, 1.165) is 23.4 Å². The highest BCUT2D eigenvalue weighted by atomic mass is 32.2. The lowest BCUT2D eigenvalue weighted by atomic mass is 10.0. The molecule has 2 aromatic heterocycles. The molecule has 1 saturated heterocycles. The highest BCUT2D eigenvalue weighted by Crippen LogP contribution is 2.39. The number of phenolic OH excluding ortho intramolecular Hbond substituents is 1. The summed E-state index contributed by atoms with van der Waals surface area (Å²) in [5.41, 5.74) is -1.06. The van der Waals surface area contributed by atoms with E-state index in [9.17, 15) is 31.1 Å². The fraction of sp³-hybridized carbons (Fsp3) is 0.320. The van der Waals surface area contributed by atoms with Gasteiger partial charge in [-0.3, -0.25) is 0 Å². The Kier molecular flexibility index (Phi) is 6.71. The van der Waals surface area contributed by atoms with Crippen LogP contribution in [0.4, 0.5) is 23.5 Å². The smallest absolute Gasteiger partial charge is 0.416 e. The summed E-state index contributed by atoms with van der Waals surface area (Å²) in [5, 5.41) is 14.1. The molecule has 9 nitrogen and oxygen atoms in total. The highest BCUT2D eigenvalue weighted by molar-refractivity contribution is 7.88. The van der Waals surface area contributed by atoms with Gasteiger partial charge in [-0.15, -0.1) is 0 Å². The molecule has 0 aliphatic carbocycles. The number of rotatable bonds is 5. The number of aromatic nitrogens is 4. The topological polar surface area (TPSA) is 104 Å². The Bertz CT molecular complexity index is 1640. The summed E-state index contributed by atoms with van der Waals surface area (Å²) in [4.78, 5) is 10.8. The third-order valence-corrected chi connectivity index (χ3v) is 8.07. The van der Waals surface area contributed by atoms with Gasteiger partial charge in [0.2, 0.25) is 16.0 Å². The van der Waals surface area contributed by atoms with Crippen molar-refractivity contribution in [2.45, 2.75) is 25.6 Å². The van der Waals surface area contributed by atoms with Gasteiger partial charge < -0.3 is 10.0 Å². The first kappa shape index (κ1) is 26.8. The number of hydrogen-bond donors (Lipinski definition) is 1. The van der Waals surface area contributed by atoms with Crippen LogP contribution < -0.4 is 4.90 Å². The number of anilines is 1. The number of benzene rings is 2. The maximum absolute atomic E-state index is 14.9. The van der Waals surface area contributed by atoms with Crippen molar-refractivity contribution < 1.29 is 31.1 Å². The third-order valence-electron chi connectivity index (χ3n) is 6.80. The molecule has 1 atom stereocenters. The summed E-state index contributed by atoms with van der Waals surface area (Å²) in [6, 6.07) is 9.82. The second kappa shape index (κ2) is 9.75. The van der Waals surface area contributed by atoms with Crippen molar-refractivity contribution in [3.8, 4) is 11.4 Å². The van der Waals surface area contributed by atoms with Gasteiger partial charge in [0.1, 0.15) is 16.7 Å². The number of nitrogens with zero attached hydrogens (tertiary/aromatic N) is 6. The van der Waals surface area contributed by atoms with E-state index < -0.39 is 44.6 Å². The van der Waals surface area contributed by atoms with Gasteiger partial charge in [-0.25, -0.2) is 27.5 Å². The van der Waals surface area contributed by atoms with Gasteiger partial charge in [-0.05, 0) is 25.0 Å². The SMILES string of the molecule is Cc1c(C(F)(F)F)cc(-n2ncc3nc(N4CCN(S(C)(=O)=O)C[C@H]4Cc4ccccc4)ncc32)c(F)c1O. The molecule has 3 heterocycles. The van der Waals surface area contributed by atoms with Crippen molar-refractivity contribution in [1.29, 1.82) is 0 Å². The zero-order chi connectivity index (χ0) is 28.1. The molecule has 5 rings (SSSR count). The maximum Gasteiger partial charge on any atom is 0.416 e. The van der Waals surface area contributed by atoms with Crippen LogP contribution in [0.15, 0.2) is 48.8 Å². The summed E-state index contributed by atoms with van der Waals surface area (Å²) in [5.74, 6) is -2.10. The molecule has 1 aliphatic rings. The van der Waals surface area contributed by atoms with Crippen molar-refractivity contribution >= 4 is 27.0 Å². The van der Waals surface area contributed by atoms with Crippen molar-refractivity contribution in [1.82, 2.24) is 24.1 Å². The minimum absolute atomic E-state index is 0.128. The number of hydrogen-bond acceptors (Lipinski definition) is 7. The monoisotopic (exact) mass is 564 g/mol. The second-order valence-corrected chi connectivity index (χ2v) is 11.4. The Labute approximate surface area is 221 Å². The number of fused-ring (bicyclic) bond motifs is 1. The van der Waals surface area contributed by atoms with Crippen LogP contribution in [0.2, 0.25) is 0 Å². The van der Waals surface area contributed by atoms with Gasteiger partial charge in [0.05, 0.1) is 24.2 Å². The standard InChI is InChI=1S/C25H24F4N6O3S/c1-15-18(25(27,28)29)11-20(22(26)23(15)36)35-21-13-30-24(32-19(21)12-31-35)34-9-8-33(39(2,37)38)14-17(34)10-16-6-4-3-5-7-16/h3-7,11-13,17,36H,8-10,14H2,1-2H3/t17-/m1/s1. The molecule has 1 N–H and O–H groups in total. The molecule has 14 heteroatoms. The van der Waals surface area contributed by atoms with E-state index in [1.165, 1.54) is 16.7 Å². The van der Waals surface area contributed by atoms with Crippen LogP contribution in [-0.4, -0.2) is 69.5 Å². The third kappa shape index (κ3) is 5.13. The van der Waals surface area contributed by atoms with Gasteiger partial charge in [0.15, 0.2) is 11.6 Å². The predicted octanol–water partition coefficient (Wildman–Crippen LogP) is 3.68. The molecule has 2 aromatic carbocycles. The van der Waals surface area contributed by atoms with Crippen LogP contribution in [0.5, 0.6) is 5.75 Å². The summed E-state index contributed by atoms with van der Waals surface area (Å²) in [6.07, 6.45) is -0.564. The van der Waals surface area contributed by atoms with Gasteiger partial charge in [0, 0.05) is 31.2 Å². The van der Waals surface area contributed by atoms with Gasteiger partial charge >= 0.3 is 6.18 Å². The van der Waals surface area contributed by atoms with Gasteiger partial charge in [-0.2, -0.15) is 22.6 Å². The predicted molar refractivity (Wildman–Crippen MR) is 136 cm³/mol. The highest BCUT2D eigenvalue weighted by Gasteiger charge is 2.36. The number of sulfonamides is 1. The van der Waals surface area contributed by atoms with E-state index in [2.05, 4.69) is 15.1 Å². The number of piperazine rings is 1. The van der Waals surface area contributed by atoms with E-state index in [-0.39, 0.29) is 36.1 Å². The Morgan fingerprint density at radius 2 is 1.85 bits per heavy atom. The number of halogens is 4. The molecular weight excluding hydrogens is 540 g/mol. The second-order valence-electron chi connectivity index (χ2n) is 9.38. The van der Waals surface area contributed by atoms with E-state index in [0.29, 0.717) is 19.0 Å². The molecular formula is C25H24F4N6O3S. The lowest BCUT2D eigenvalue weighted by Gasteiger charge is -2.40. The fourth-order valence-corrected chi connectivity index (χ4v) is 5.62. The molecule has 0 amide bonds. The van der Waals surface area contributed by atoms with E-state index in [4.69, 9.17) is 0 Å². The van der Waals surface area contributed by atoms with Crippen LogP contribution in [-0.2, 0) is 22.6 Å². The summed E-state index contributed by atoms with van der Waals surface area (Å²) < 4.78 is 82.2. The summed E-state index contributed by atoms with van der Waals surface area (Å²) in [6.45, 7) is 1.72. The molecule has 1 fully saturated rings. The van der Waals surface area contributed by atoms with Crippen LogP contribution in [0.1, 0.15) is 16.7 Å². The van der Waals surface area contributed by atoms with Crippen molar-refractivity contribution in [2.75, 3.05) is 30.8 Å². The Hall–Kier alpha value is -3.78. The molecule has 4 aromatic rings.